The number of carboxylic acids is 1. The van der Waals surface area contributed by atoms with Gasteiger partial charge < -0.3 is 19.9 Å². The lowest BCUT2D eigenvalue weighted by Crippen LogP contribution is -2.54. The minimum atomic E-state index is -0.910. The number of benzene rings is 1. The second kappa shape index (κ2) is 6.43. The first-order valence-corrected chi connectivity index (χ1v) is 8.26. The summed E-state index contributed by atoms with van der Waals surface area (Å²) >= 11 is 0. The van der Waals surface area contributed by atoms with E-state index in [1.165, 1.54) is 0 Å². The van der Waals surface area contributed by atoms with Crippen LogP contribution in [0.1, 0.15) is 41.9 Å². The predicted molar refractivity (Wildman–Crippen MR) is 87.3 cm³/mol. The van der Waals surface area contributed by atoms with Gasteiger partial charge in [-0.25, -0.2) is 0 Å². The highest BCUT2D eigenvalue weighted by molar-refractivity contribution is 5.87. The molecule has 6 heteroatoms. The van der Waals surface area contributed by atoms with Crippen molar-refractivity contribution >= 4 is 11.9 Å². The highest BCUT2D eigenvalue weighted by atomic mass is 16.5. The van der Waals surface area contributed by atoms with E-state index >= 15 is 0 Å². The zero-order chi connectivity index (χ0) is 17.3. The van der Waals surface area contributed by atoms with Crippen LogP contribution < -0.4 is 10.1 Å². The number of carbonyl (C=O) groups is 2. The van der Waals surface area contributed by atoms with E-state index in [-0.39, 0.29) is 12.3 Å². The van der Waals surface area contributed by atoms with Crippen LogP contribution in [-0.2, 0) is 14.3 Å². The summed E-state index contributed by atoms with van der Waals surface area (Å²) < 4.78 is 11.0. The Labute approximate surface area is 141 Å². The van der Waals surface area contributed by atoms with Crippen molar-refractivity contribution in [3.8, 4) is 5.75 Å². The zero-order valence-corrected chi connectivity index (χ0v) is 14.1. The van der Waals surface area contributed by atoms with Crippen LogP contribution in [-0.4, -0.2) is 42.3 Å². The molecule has 6 nitrogen and oxygen atoms in total. The normalized spacial score (nSPS) is 21.7. The third-order valence-corrected chi connectivity index (χ3v) is 5.05. The Morgan fingerprint density at radius 3 is 2.58 bits per heavy atom. The number of nitrogens with one attached hydrogen (secondary N) is 1. The Hall–Kier alpha value is -2.08. The highest BCUT2D eigenvalue weighted by Gasteiger charge is 2.40. The molecule has 2 heterocycles. The lowest BCUT2D eigenvalue weighted by atomic mass is 9.85. The van der Waals surface area contributed by atoms with E-state index in [4.69, 9.17) is 9.47 Å². The zero-order valence-electron chi connectivity index (χ0n) is 14.1. The summed E-state index contributed by atoms with van der Waals surface area (Å²) in [5, 5.41) is 12.2. The van der Waals surface area contributed by atoms with Crippen LogP contribution in [0.25, 0.3) is 0 Å². The first-order chi connectivity index (χ1) is 11.4. The van der Waals surface area contributed by atoms with E-state index in [0.29, 0.717) is 32.7 Å². The summed E-state index contributed by atoms with van der Waals surface area (Å²) in [6.45, 7) is 5.24. The van der Waals surface area contributed by atoms with Gasteiger partial charge in [0.15, 0.2) is 0 Å². The van der Waals surface area contributed by atoms with Crippen LogP contribution >= 0.6 is 0 Å². The van der Waals surface area contributed by atoms with Crippen molar-refractivity contribution in [2.75, 3.05) is 19.8 Å². The fourth-order valence-corrected chi connectivity index (χ4v) is 3.44. The third kappa shape index (κ3) is 3.24. The average molecular weight is 333 g/mol. The lowest BCUT2D eigenvalue weighted by molar-refractivity contribution is -0.140. The van der Waals surface area contributed by atoms with E-state index < -0.39 is 17.4 Å². The van der Waals surface area contributed by atoms with Crippen LogP contribution in [0, 0.1) is 13.8 Å². The smallest absolute Gasteiger partial charge is 0.305 e. The molecule has 1 aromatic carbocycles. The van der Waals surface area contributed by atoms with E-state index in [9.17, 15) is 14.7 Å². The van der Waals surface area contributed by atoms with Gasteiger partial charge in [-0.1, -0.05) is 6.07 Å². The van der Waals surface area contributed by atoms with Gasteiger partial charge >= 0.3 is 5.97 Å². The number of amides is 1. The third-order valence-electron chi connectivity index (χ3n) is 5.05. The van der Waals surface area contributed by atoms with Gasteiger partial charge in [-0.3, -0.25) is 9.59 Å². The van der Waals surface area contributed by atoms with Gasteiger partial charge in [0.1, 0.15) is 18.3 Å². The maximum Gasteiger partial charge on any atom is 0.305 e. The molecule has 1 saturated heterocycles. The van der Waals surface area contributed by atoms with E-state index in [1.54, 1.807) is 0 Å². The minimum Gasteiger partial charge on any atom is -0.492 e. The van der Waals surface area contributed by atoms with Crippen molar-refractivity contribution in [1.29, 1.82) is 0 Å². The Morgan fingerprint density at radius 2 is 1.92 bits per heavy atom. The number of aliphatic carboxylic acids is 1. The lowest BCUT2D eigenvalue weighted by Gasteiger charge is -2.37. The molecule has 1 fully saturated rings. The fourth-order valence-electron chi connectivity index (χ4n) is 3.44. The number of hydrogen-bond donors (Lipinski definition) is 2. The van der Waals surface area contributed by atoms with E-state index in [0.717, 1.165) is 22.4 Å². The van der Waals surface area contributed by atoms with Crippen LogP contribution in [0.3, 0.4) is 0 Å². The maximum absolute atomic E-state index is 12.8. The molecule has 0 aromatic heterocycles. The molecule has 1 aromatic rings. The van der Waals surface area contributed by atoms with Crippen molar-refractivity contribution in [2.24, 2.45) is 0 Å². The first-order valence-electron chi connectivity index (χ1n) is 8.26. The summed E-state index contributed by atoms with van der Waals surface area (Å²) in [5.41, 5.74) is 2.39. The molecule has 0 aliphatic carbocycles. The van der Waals surface area contributed by atoms with E-state index in [2.05, 4.69) is 5.32 Å². The molecular formula is C18H23NO5. The first kappa shape index (κ1) is 16.8. The maximum atomic E-state index is 12.8. The van der Waals surface area contributed by atoms with Crippen molar-refractivity contribution in [3.63, 3.8) is 0 Å². The molecule has 0 spiro atoms. The standard InChI is InChI=1S/C18H23NO5/c1-11-7-13-14(10-24-15(13)8-12(11)2)17(22)19-18(9-16(20)21)3-5-23-6-4-18/h7-8,14H,3-6,9-10H2,1-2H3,(H,19,22)(H,20,21). The number of carboxylic acid groups (broad SMARTS) is 1. The molecule has 3 rings (SSSR count). The van der Waals surface area contributed by atoms with E-state index in [1.807, 2.05) is 26.0 Å². The molecule has 24 heavy (non-hydrogen) atoms. The largest absolute Gasteiger partial charge is 0.492 e. The predicted octanol–water partition coefficient (Wildman–Crippen LogP) is 1.92. The second-order valence-electron chi connectivity index (χ2n) is 6.79. The Kier molecular flexibility index (Phi) is 4.49. The van der Waals surface area contributed by atoms with Gasteiger partial charge in [0.2, 0.25) is 5.91 Å². The van der Waals surface area contributed by atoms with Crippen molar-refractivity contribution in [1.82, 2.24) is 5.32 Å². The number of rotatable bonds is 4. The molecule has 1 amide bonds. The molecule has 0 radical (unpaired) electrons. The number of ether oxygens (including phenoxy) is 2. The van der Waals surface area contributed by atoms with Gasteiger partial charge in [0.05, 0.1) is 12.0 Å². The summed E-state index contributed by atoms with van der Waals surface area (Å²) in [4.78, 5) is 24.1. The van der Waals surface area contributed by atoms with Crippen LogP contribution in [0.4, 0.5) is 0 Å². The average Bonchev–Trinajstić information content (AvgIpc) is 2.90. The molecule has 0 saturated carbocycles. The molecule has 2 aliphatic heterocycles. The van der Waals surface area contributed by atoms with Gasteiger partial charge in [-0.15, -0.1) is 0 Å². The fraction of sp³-hybridized carbons (Fsp3) is 0.556. The molecular weight excluding hydrogens is 310 g/mol. The quantitative estimate of drug-likeness (QED) is 0.879. The number of aryl methyl sites for hydroxylation is 2. The minimum absolute atomic E-state index is 0.0878. The highest BCUT2D eigenvalue weighted by Crippen LogP contribution is 2.37. The van der Waals surface area contributed by atoms with Crippen molar-refractivity contribution in [2.45, 2.75) is 44.6 Å². The molecule has 130 valence electrons. The summed E-state index contributed by atoms with van der Waals surface area (Å²) in [7, 11) is 0. The van der Waals surface area contributed by atoms with Gasteiger partial charge in [0, 0.05) is 18.8 Å². The molecule has 2 aliphatic rings. The van der Waals surface area contributed by atoms with Crippen LogP contribution in [0.5, 0.6) is 5.75 Å². The number of carbonyl (C=O) groups excluding carboxylic acids is 1. The Morgan fingerprint density at radius 1 is 1.25 bits per heavy atom. The summed E-state index contributed by atoms with van der Waals surface area (Å²) in [6.07, 6.45) is 0.937. The molecule has 0 bridgehead atoms. The van der Waals surface area contributed by atoms with Crippen molar-refractivity contribution in [3.05, 3.63) is 28.8 Å². The van der Waals surface area contributed by atoms with Crippen LogP contribution in [0.2, 0.25) is 0 Å². The molecule has 2 N–H and O–H groups in total. The Balaban J connectivity index is 1.80. The van der Waals surface area contributed by atoms with Crippen LogP contribution in [0.15, 0.2) is 12.1 Å². The molecule has 1 unspecified atom stereocenters. The van der Waals surface area contributed by atoms with Gasteiger partial charge in [0.25, 0.3) is 0 Å². The van der Waals surface area contributed by atoms with Gasteiger partial charge in [-0.2, -0.15) is 0 Å². The number of fused-ring (bicyclic) bond motifs is 1. The summed E-state index contributed by atoms with van der Waals surface area (Å²) in [5.74, 6) is -0.725. The van der Waals surface area contributed by atoms with Gasteiger partial charge in [-0.05, 0) is 43.9 Å². The topological polar surface area (TPSA) is 84.9 Å². The Bertz CT molecular complexity index is 664. The monoisotopic (exact) mass is 333 g/mol. The molecule has 1 atom stereocenters. The SMILES string of the molecule is Cc1cc2c(cc1C)C(C(=O)NC1(CC(=O)O)CCOCC1)CO2. The second-order valence-corrected chi connectivity index (χ2v) is 6.79. The summed E-state index contributed by atoms with van der Waals surface area (Å²) in [6, 6.07) is 3.95. The number of hydrogen-bond acceptors (Lipinski definition) is 4. The van der Waals surface area contributed by atoms with Crippen molar-refractivity contribution < 1.29 is 24.2 Å².